The molecule has 110 valence electrons. The molecule has 5 atom stereocenters. The zero-order chi connectivity index (χ0) is 14.2. The van der Waals surface area contributed by atoms with Crippen LogP contribution in [-0.4, -0.2) is 41.2 Å². The maximum Gasteiger partial charge on any atom is 0.209 e. The van der Waals surface area contributed by atoms with Gasteiger partial charge in [0.2, 0.25) is 6.41 Å². The molecule has 1 spiro atoms. The summed E-state index contributed by atoms with van der Waals surface area (Å²) >= 11 is 0. The van der Waals surface area contributed by atoms with E-state index in [1.807, 2.05) is 17.0 Å². The fraction of sp³-hybridized carbons (Fsp3) is 0.588. The Morgan fingerprint density at radius 1 is 1.38 bits per heavy atom. The summed E-state index contributed by atoms with van der Waals surface area (Å²) < 4.78 is 6.20. The molecule has 2 bridgehead atoms. The highest BCUT2D eigenvalue weighted by atomic mass is 16.5. The average Bonchev–Trinajstić information content (AvgIpc) is 2.83. The molecule has 5 unspecified atom stereocenters. The zero-order valence-electron chi connectivity index (χ0n) is 11.9. The lowest BCUT2D eigenvalue weighted by Crippen LogP contribution is -2.66. The number of ether oxygens (including phenoxy) is 1. The lowest BCUT2D eigenvalue weighted by Gasteiger charge is -2.58. The first kappa shape index (κ1) is 12.0. The molecule has 4 heteroatoms. The van der Waals surface area contributed by atoms with Gasteiger partial charge in [0.15, 0.2) is 0 Å². The van der Waals surface area contributed by atoms with Crippen molar-refractivity contribution in [3.8, 4) is 5.75 Å². The Bertz CT molecular complexity index is 630. The number of aliphatic hydroxyl groups is 1. The molecule has 2 aliphatic heterocycles. The van der Waals surface area contributed by atoms with Gasteiger partial charge in [-0.05, 0) is 43.2 Å². The third-order valence-electron chi connectivity index (χ3n) is 6.36. The molecule has 1 amide bonds. The normalized spacial score (nSPS) is 42.2. The molecule has 2 fully saturated rings. The van der Waals surface area contributed by atoms with Gasteiger partial charge >= 0.3 is 0 Å². The number of aliphatic hydroxyl groups excluding tert-OH is 1. The SMILES string of the molecule is O=CN1CCC23c4c5cccc4OC2C(O)CCC3C1C5. The Morgan fingerprint density at radius 3 is 3.14 bits per heavy atom. The Balaban J connectivity index is 1.77. The monoisotopic (exact) mass is 285 g/mol. The molecule has 2 heterocycles. The minimum atomic E-state index is -0.386. The van der Waals surface area contributed by atoms with E-state index in [9.17, 15) is 9.90 Å². The molecule has 4 nitrogen and oxygen atoms in total. The molecule has 21 heavy (non-hydrogen) atoms. The van der Waals surface area contributed by atoms with Gasteiger partial charge < -0.3 is 14.7 Å². The highest BCUT2D eigenvalue weighted by molar-refractivity contribution is 5.57. The molecule has 2 aliphatic carbocycles. The fourth-order valence-corrected chi connectivity index (χ4v) is 5.65. The van der Waals surface area contributed by atoms with Gasteiger partial charge in [0.1, 0.15) is 11.9 Å². The molecule has 4 aliphatic rings. The van der Waals surface area contributed by atoms with Crippen LogP contribution in [0, 0.1) is 5.92 Å². The molecule has 0 aromatic heterocycles. The average molecular weight is 285 g/mol. The van der Waals surface area contributed by atoms with Crippen molar-refractivity contribution in [2.45, 2.75) is 49.3 Å². The van der Waals surface area contributed by atoms with Crippen molar-refractivity contribution >= 4 is 6.41 Å². The number of nitrogens with zero attached hydrogens (tertiary/aromatic N) is 1. The van der Waals surface area contributed by atoms with Gasteiger partial charge in [0.25, 0.3) is 0 Å². The minimum absolute atomic E-state index is 0.0635. The largest absolute Gasteiger partial charge is 0.486 e. The first-order valence-corrected chi connectivity index (χ1v) is 7.94. The van der Waals surface area contributed by atoms with Crippen LogP contribution < -0.4 is 4.74 Å². The second-order valence-electron chi connectivity index (χ2n) is 6.98. The van der Waals surface area contributed by atoms with Gasteiger partial charge in [-0.1, -0.05) is 12.1 Å². The van der Waals surface area contributed by atoms with Crippen molar-refractivity contribution in [1.82, 2.24) is 4.90 Å². The third-order valence-corrected chi connectivity index (χ3v) is 6.36. The number of carbonyl (C=O) groups excluding carboxylic acids is 1. The summed E-state index contributed by atoms with van der Waals surface area (Å²) in [5, 5.41) is 10.5. The van der Waals surface area contributed by atoms with Crippen molar-refractivity contribution in [3.63, 3.8) is 0 Å². The Labute approximate surface area is 123 Å². The van der Waals surface area contributed by atoms with Crippen LogP contribution in [0.5, 0.6) is 5.75 Å². The maximum absolute atomic E-state index is 11.4. The zero-order valence-corrected chi connectivity index (χ0v) is 11.9. The van der Waals surface area contributed by atoms with E-state index >= 15 is 0 Å². The Kier molecular flexibility index (Phi) is 2.18. The Hall–Kier alpha value is -1.55. The summed E-state index contributed by atoms with van der Waals surface area (Å²) in [7, 11) is 0. The van der Waals surface area contributed by atoms with Crippen molar-refractivity contribution < 1.29 is 14.6 Å². The topological polar surface area (TPSA) is 49.8 Å². The van der Waals surface area contributed by atoms with Crippen LogP contribution in [0.4, 0.5) is 0 Å². The first-order chi connectivity index (χ1) is 10.3. The predicted octanol–water partition coefficient (Wildman–Crippen LogP) is 1.24. The molecule has 1 saturated carbocycles. The summed E-state index contributed by atoms with van der Waals surface area (Å²) in [5.41, 5.74) is 2.60. The minimum Gasteiger partial charge on any atom is -0.486 e. The van der Waals surface area contributed by atoms with Gasteiger partial charge in [0, 0.05) is 23.6 Å². The summed E-state index contributed by atoms with van der Waals surface area (Å²) in [6.07, 6.45) is 4.13. The number of benzene rings is 1. The highest BCUT2D eigenvalue weighted by Gasteiger charge is 2.65. The standard InChI is InChI=1S/C17H19NO3/c19-9-18-7-6-17-11-4-5-13(20)16(17)21-14-3-1-2-10(15(14)17)8-12(11)18/h1-3,9,11-13,16,20H,4-8H2. The van der Waals surface area contributed by atoms with Crippen molar-refractivity contribution in [2.24, 2.45) is 5.92 Å². The number of likely N-dealkylation sites (tertiary alicyclic amines) is 1. The van der Waals surface area contributed by atoms with Gasteiger partial charge in [-0.15, -0.1) is 0 Å². The van der Waals surface area contributed by atoms with E-state index < -0.39 is 0 Å². The molecule has 1 N–H and O–H groups in total. The van der Waals surface area contributed by atoms with Crippen molar-refractivity contribution in [2.75, 3.05) is 6.54 Å². The van der Waals surface area contributed by atoms with Crippen molar-refractivity contribution in [1.29, 1.82) is 0 Å². The van der Waals surface area contributed by atoms with Crippen molar-refractivity contribution in [3.05, 3.63) is 29.3 Å². The van der Waals surface area contributed by atoms with E-state index in [-0.39, 0.29) is 23.7 Å². The van der Waals surface area contributed by atoms with Gasteiger partial charge in [-0.3, -0.25) is 4.79 Å². The third kappa shape index (κ3) is 1.24. The van der Waals surface area contributed by atoms with Crippen LogP contribution >= 0.6 is 0 Å². The molecule has 1 saturated heterocycles. The summed E-state index contributed by atoms with van der Waals surface area (Å²) in [4.78, 5) is 13.4. The fourth-order valence-electron chi connectivity index (χ4n) is 5.65. The number of carbonyl (C=O) groups is 1. The number of amides is 1. The van der Waals surface area contributed by atoms with E-state index in [1.165, 1.54) is 11.1 Å². The predicted molar refractivity (Wildman–Crippen MR) is 76.1 cm³/mol. The van der Waals surface area contributed by atoms with E-state index in [2.05, 4.69) is 6.07 Å². The lowest BCUT2D eigenvalue weighted by atomic mass is 9.51. The van der Waals surface area contributed by atoms with Gasteiger partial charge in [-0.25, -0.2) is 0 Å². The van der Waals surface area contributed by atoms with E-state index in [0.717, 1.165) is 44.4 Å². The number of piperidine rings is 1. The summed E-state index contributed by atoms with van der Waals surface area (Å²) in [5.74, 6) is 1.41. The van der Waals surface area contributed by atoms with Crippen LogP contribution in [0.1, 0.15) is 30.4 Å². The molecule has 1 aromatic carbocycles. The highest BCUT2D eigenvalue weighted by Crippen LogP contribution is 2.61. The van der Waals surface area contributed by atoms with Crippen LogP contribution in [0.15, 0.2) is 18.2 Å². The van der Waals surface area contributed by atoms with Gasteiger partial charge in [-0.2, -0.15) is 0 Å². The van der Waals surface area contributed by atoms with Crippen LogP contribution in [-0.2, 0) is 16.6 Å². The molecule has 1 aromatic rings. The van der Waals surface area contributed by atoms with Gasteiger partial charge in [0.05, 0.1) is 6.10 Å². The lowest BCUT2D eigenvalue weighted by molar-refractivity contribution is -0.135. The second kappa shape index (κ2) is 3.80. The summed E-state index contributed by atoms with van der Waals surface area (Å²) in [6.45, 7) is 0.783. The van der Waals surface area contributed by atoms with E-state index in [4.69, 9.17) is 4.74 Å². The van der Waals surface area contributed by atoms with E-state index in [0.29, 0.717) is 5.92 Å². The maximum atomic E-state index is 11.4. The molecule has 0 radical (unpaired) electrons. The Morgan fingerprint density at radius 2 is 2.29 bits per heavy atom. The van der Waals surface area contributed by atoms with Crippen LogP contribution in [0.2, 0.25) is 0 Å². The quantitative estimate of drug-likeness (QED) is 0.790. The second-order valence-corrected chi connectivity index (χ2v) is 6.98. The summed E-state index contributed by atoms with van der Waals surface area (Å²) in [6, 6.07) is 6.53. The van der Waals surface area contributed by atoms with E-state index in [1.54, 1.807) is 0 Å². The smallest absolute Gasteiger partial charge is 0.209 e. The first-order valence-electron chi connectivity index (χ1n) is 7.94. The number of hydrogen-bond donors (Lipinski definition) is 1. The molecular weight excluding hydrogens is 266 g/mol. The molecule has 5 rings (SSSR count). The number of rotatable bonds is 1. The molecular formula is C17H19NO3. The van der Waals surface area contributed by atoms with Crippen LogP contribution in [0.25, 0.3) is 0 Å². The van der Waals surface area contributed by atoms with Crippen LogP contribution in [0.3, 0.4) is 0 Å². The number of hydrogen-bond acceptors (Lipinski definition) is 3.